The van der Waals surface area contributed by atoms with Crippen LogP contribution in [0.4, 0.5) is 0 Å². The molecule has 6 nitrogen and oxygen atoms in total. The van der Waals surface area contributed by atoms with Crippen molar-refractivity contribution in [3.8, 4) is 0 Å². The number of ether oxygens (including phenoxy) is 5. The molecular formula is C44H56O6S. The smallest absolute Gasteiger partial charge is 0.132 e. The van der Waals surface area contributed by atoms with Gasteiger partial charge < -0.3 is 28.8 Å². The third-order valence-electron chi connectivity index (χ3n) is 9.18. The van der Waals surface area contributed by atoms with Gasteiger partial charge >= 0.3 is 0 Å². The number of unbranched alkanes of at least 4 members (excludes halogenated alkanes) is 7. The summed E-state index contributed by atoms with van der Waals surface area (Å²) >= 11 is 1.82. The zero-order chi connectivity index (χ0) is 35.2. The SMILES string of the molecule is OCCCCCCCCCCS[C@H]1O[C@H](COCc2ccccc2)[C@H](OCc2ccccc2)[C@H](OCc2ccccc2)[C@H]1OCc1ccccc1. The summed E-state index contributed by atoms with van der Waals surface area (Å²) in [6, 6.07) is 41.1. The van der Waals surface area contributed by atoms with E-state index < -0.39 is 12.2 Å². The molecule has 0 aromatic heterocycles. The van der Waals surface area contributed by atoms with Crippen molar-refractivity contribution >= 4 is 11.8 Å². The summed E-state index contributed by atoms with van der Waals surface area (Å²) in [7, 11) is 0. The zero-order valence-corrected chi connectivity index (χ0v) is 30.8. The van der Waals surface area contributed by atoms with E-state index in [1.165, 1.54) is 32.1 Å². The van der Waals surface area contributed by atoms with E-state index in [1.807, 2.05) is 84.6 Å². The van der Waals surface area contributed by atoms with Gasteiger partial charge in [-0.3, -0.25) is 0 Å². The molecule has 1 N–H and O–H groups in total. The van der Waals surface area contributed by atoms with Gasteiger partial charge in [0.2, 0.25) is 0 Å². The Morgan fingerprint density at radius 2 is 0.882 bits per heavy atom. The Balaban J connectivity index is 1.33. The minimum atomic E-state index is -0.423. The second-order valence-corrected chi connectivity index (χ2v) is 14.5. The molecule has 0 spiro atoms. The molecule has 0 aliphatic carbocycles. The van der Waals surface area contributed by atoms with Gasteiger partial charge in [0, 0.05) is 6.61 Å². The standard InChI is InChI=1S/C44H56O6S/c45-29-19-5-3-1-2-4-6-20-30-51-44-43(49-34-39-27-17-10-18-28-39)42(48-33-38-25-15-9-16-26-38)41(47-32-37-23-13-8-14-24-37)40(50-44)35-46-31-36-21-11-7-12-22-36/h7-18,21-28,40-45H,1-6,19-20,29-35H2/t40-,41+,42+,43-,44-/m1/s1. The number of hydrogen-bond acceptors (Lipinski definition) is 7. The van der Waals surface area contributed by atoms with Crippen LogP contribution < -0.4 is 0 Å². The van der Waals surface area contributed by atoms with E-state index in [0.29, 0.717) is 39.6 Å². The first-order valence-corrected chi connectivity index (χ1v) is 19.8. The largest absolute Gasteiger partial charge is 0.396 e. The van der Waals surface area contributed by atoms with Gasteiger partial charge in [0.15, 0.2) is 0 Å². The molecule has 1 aliphatic heterocycles. The molecule has 0 unspecified atom stereocenters. The highest BCUT2D eigenvalue weighted by atomic mass is 32.2. The van der Waals surface area contributed by atoms with Crippen molar-refractivity contribution in [3.63, 3.8) is 0 Å². The lowest BCUT2D eigenvalue weighted by atomic mass is 9.98. The average Bonchev–Trinajstić information content (AvgIpc) is 3.18. The first-order chi connectivity index (χ1) is 25.3. The molecule has 1 aliphatic rings. The fourth-order valence-electron chi connectivity index (χ4n) is 6.36. The fraction of sp³-hybridized carbons (Fsp3) is 0.455. The fourth-order valence-corrected chi connectivity index (χ4v) is 7.60. The maximum atomic E-state index is 9.03. The monoisotopic (exact) mass is 712 g/mol. The van der Waals surface area contributed by atoms with Gasteiger partial charge in [0.25, 0.3) is 0 Å². The summed E-state index contributed by atoms with van der Waals surface area (Å²) < 4.78 is 33.8. The van der Waals surface area contributed by atoms with Gasteiger partial charge in [0.05, 0.1) is 33.0 Å². The lowest BCUT2D eigenvalue weighted by molar-refractivity contribution is -0.254. The minimum Gasteiger partial charge on any atom is -0.396 e. The minimum absolute atomic E-state index is 0.255. The van der Waals surface area contributed by atoms with Gasteiger partial charge in [-0.1, -0.05) is 160 Å². The third-order valence-corrected chi connectivity index (χ3v) is 10.4. The normalized spacial score (nSPS) is 20.4. The second kappa shape index (κ2) is 23.5. The summed E-state index contributed by atoms with van der Waals surface area (Å²) in [5.74, 6) is 0.971. The molecule has 4 aromatic rings. The van der Waals surface area contributed by atoms with Gasteiger partial charge in [0.1, 0.15) is 29.9 Å². The van der Waals surface area contributed by atoms with Crippen LogP contribution in [-0.4, -0.2) is 53.9 Å². The van der Waals surface area contributed by atoms with Crippen molar-refractivity contribution in [2.24, 2.45) is 0 Å². The molecule has 0 amide bonds. The summed E-state index contributed by atoms with van der Waals surface area (Å²) in [5.41, 5.74) is 4.17. The Kier molecular flexibility index (Phi) is 18.1. The highest BCUT2D eigenvalue weighted by Gasteiger charge is 2.48. The van der Waals surface area contributed by atoms with E-state index >= 15 is 0 Å². The lowest BCUT2D eigenvalue weighted by Crippen LogP contribution is -2.60. The Labute approximate surface area is 309 Å². The van der Waals surface area contributed by atoms with Crippen molar-refractivity contribution in [2.45, 2.75) is 108 Å². The van der Waals surface area contributed by atoms with Gasteiger partial charge in [-0.25, -0.2) is 0 Å². The van der Waals surface area contributed by atoms with E-state index in [1.54, 1.807) is 0 Å². The molecule has 0 bridgehead atoms. The number of aliphatic hydroxyl groups excluding tert-OH is 1. The number of thioether (sulfide) groups is 1. The van der Waals surface area contributed by atoms with Crippen LogP contribution >= 0.6 is 11.8 Å². The van der Waals surface area contributed by atoms with E-state index in [9.17, 15) is 0 Å². The molecule has 274 valence electrons. The zero-order valence-electron chi connectivity index (χ0n) is 29.9. The van der Waals surface area contributed by atoms with E-state index in [-0.39, 0.29) is 17.6 Å². The number of aliphatic hydroxyl groups is 1. The van der Waals surface area contributed by atoms with Crippen molar-refractivity contribution < 1.29 is 28.8 Å². The third kappa shape index (κ3) is 14.1. The summed E-state index contributed by atoms with van der Waals surface area (Å²) in [4.78, 5) is 0. The van der Waals surface area contributed by atoms with Crippen LogP contribution in [0.5, 0.6) is 0 Å². The van der Waals surface area contributed by atoms with E-state index in [0.717, 1.165) is 47.3 Å². The maximum Gasteiger partial charge on any atom is 0.132 e. The molecule has 5 rings (SSSR count). The number of hydrogen-bond donors (Lipinski definition) is 1. The van der Waals surface area contributed by atoms with Crippen LogP contribution in [0, 0.1) is 0 Å². The van der Waals surface area contributed by atoms with Crippen LogP contribution in [0.2, 0.25) is 0 Å². The van der Waals surface area contributed by atoms with Crippen LogP contribution in [-0.2, 0) is 50.1 Å². The topological polar surface area (TPSA) is 66.4 Å². The predicted molar refractivity (Wildman–Crippen MR) is 206 cm³/mol. The van der Waals surface area contributed by atoms with Crippen LogP contribution in [0.15, 0.2) is 121 Å². The van der Waals surface area contributed by atoms with E-state index in [2.05, 4.69) is 48.5 Å². The average molecular weight is 713 g/mol. The molecule has 7 heteroatoms. The second-order valence-electron chi connectivity index (χ2n) is 13.3. The van der Waals surface area contributed by atoms with Crippen LogP contribution in [0.25, 0.3) is 0 Å². The predicted octanol–water partition coefficient (Wildman–Crippen LogP) is 9.53. The first kappa shape index (κ1) is 39.2. The van der Waals surface area contributed by atoms with Gasteiger partial charge in [-0.15, -0.1) is 11.8 Å². The molecule has 4 aromatic carbocycles. The van der Waals surface area contributed by atoms with Crippen molar-refractivity contribution in [1.82, 2.24) is 0 Å². The maximum absolute atomic E-state index is 9.03. The molecule has 1 heterocycles. The summed E-state index contributed by atoms with van der Waals surface area (Å²) in [6.07, 6.45) is 7.72. The van der Waals surface area contributed by atoms with Crippen LogP contribution in [0.1, 0.15) is 73.6 Å². The summed E-state index contributed by atoms with van der Waals surface area (Å²) in [6.45, 7) is 2.49. The molecule has 1 fully saturated rings. The van der Waals surface area contributed by atoms with E-state index in [4.69, 9.17) is 28.8 Å². The van der Waals surface area contributed by atoms with Crippen molar-refractivity contribution in [1.29, 1.82) is 0 Å². The first-order valence-electron chi connectivity index (χ1n) is 18.8. The Morgan fingerprint density at radius 1 is 0.471 bits per heavy atom. The van der Waals surface area contributed by atoms with Crippen molar-refractivity contribution in [3.05, 3.63) is 144 Å². The van der Waals surface area contributed by atoms with Gasteiger partial charge in [-0.2, -0.15) is 0 Å². The van der Waals surface area contributed by atoms with Crippen LogP contribution in [0.3, 0.4) is 0 Å². The highest BCUT2D eigenvalue weighted by Crippen LogP contribution is 2.36. The Morgan fingerprint density at radius 3 is 1.37 bits per heavy atom. The Hall–Kier alpha value is -3.01. The lowest BCUT2D eigenvalue weighted by Gasteiger charge is -2.46. The van der Waals surface area contributed by atoms with Gasteiger partial charge in [-0.05, 0) is 40.8 Å². The number of rotatable bonds is 24. The molecule has 1 saturated heterocycles. The molecule has 51 heavy (non-hydrogen) atoms. The number of benzene rings is 4. The van der Waals surface area contributed by atoms with Crippen molar-refractivity contribution in [2.75, 3.05) is 19.0 Å². The molecule has 0 radical (unpaired) electrons. The molecule has 5 atom stereocenters. The summed E-state index contributed by atoms with van der Waals surface area (Å²) in [5, 5.41) is 9.03. The Bertz CT molecular complexity index is 1430. The quantitative estimate of drug-likeness (QED) is 0.0726. The molecular weight excluding hydrogens is 657 g/mol. The molecule has 0 saturated carbocycles. The highest BCUT2D eigenvalue weighted by molar-refractivity contribution is 7.99.